The molecule has 1 atom stereocenters. The fourth-order valence-corrected chi connectivity index (χ4v) is 1.64. The van der Waals surface area contributed by atoms with Gasteiger partial charge >= 0.3 is 0 Å². The summed E-state index contributed by atoms with van der Waals surface area (Å²) in [5.74, 6) is 0.144. The van der Waals surface area contributed by atoms with Gasteiger partial charge in [0.2, 0.25) is 0 Å². The summed E-state index contributed by atoms with van der Waals surface area (Å²) >= 11 is 1.60. The van der Waals surface area contributed by atoms with Crippen LogP contribution < -0.4 is 5.73 Å². The van der Waals surface area contributed by atoms with Crippen molar-refractivity contribution in [3.63, 3.8) is 0 Å². The molecule has 3 heteroatoms. The molecule has 0 radical (unpaired) electrons. The van der Waals surface area contributed by atoms with E-state index in [1.54, 1.807) is 18.3 Å². The Morgan fingerprint density at radius 2 is 2.55 bits per heavy atom. The summed E-state index contributed by atoms with van der Waals surface area (Å²) in [7, 11) is 0. The van der Waals surface area contributed by atoms with Crippen molar-refractivity contribution in [3.05, 3.63) is 22.4 Å². The Morgan fingerprint density at radius 3 is 3.00 bits per heavy atom. The van der Waals surface area contributed by atoms with Gasteiger partial charge in [0.05, 0.1) is 0 Å². The van der Waals surface area contributed by atoms with E-state index in [0.717, 1.165) is 4.88 Å². The van der Waals surface area contributed by atoms with Crippen molar-refractivity contribution < 1.29 is 4.79 Å². The Balaban J connectivity index is 2.56. The molecule has 0 saturated carbocycles. The van der Waals surface area contributed by atoms with Crippen LogP contribution in [0.5, 0.6) is 0 Å². The molecule has 2 nitrogen and oxygen atoms in total. The molecule has 0 saturated heterocycles. The lowest BCUT2D eigenvalue weighted by Crippen LogP contribution is -2.11. The zero-order valence-electron chi connectivity index (χ0n) is 6.41. The monoisotopic (exact) mass is 169 g/mol. The standard InChI is InChI=1S/C8H11NOS/c1-6(10)5-7(9)8-3-2-4-11-8/h2-4,7H,5,9H2,1H3. The molecule has 0 aliphatic rings. The number of rotatable bonds is 3. The van der Waals surface area contributed by atoms with E-state index in [-0.39, 0.29) is 11.8 Å². The van der Waals surface area contributed by atoms with E-state index >= 15 is 0 Å². The van der Waals surface area contributed by atoms with E-state index in [4.69, 9.17) is 5.73 Å². The third kappa shape index (κ3) is 2.44. The molecule has 2 N–H and O–H groups in total. The molecule has 0 aliphatic heterocycles. The summed E-state index contributed by atoms with van der Waals surface area (Å²) in [5, 5.41) is 1.97. The minimum absolute atomic E-state index is 0.104. The molecule has 11 heavy (non-hydrogen) atoms. The van der Waals surface area contributed by atoms with Crippen LogP contribution >= 0.6 is 11.3 Å². The van der Waals surface area contributed by atoms with Crippen LogP contribution in [0.15, 0.2) is 17.5 Å². The number of carbonyl (C=O) groups is 1. The van der Waals surface area contributed by atoms with Crippen LogP contribution in [-0.4, -0.2) is 5.78 Å². The summed E-state index contributed by atoms with van der Waals surface area (Å²) < 4.78 is 0. The highest BCUT2D eigenvalue weighted by Crippen LogP contribution is 2.19. The van der Waals surface area contributed by atoms with Crippen LogP contribution in [0, 0.1) is 0 Å². The first-order valence-corrected chi connectivity index (χ1v) is 4.36. The fourth-order valence-electron chi connectivity index (χ4n) is 0.913. The van der Waals surface area contributed by atoms with Crippen molar-refractivity contribution in [1.82, 2.24) is 0 Å². The van der Waals surface area contributed by atoms with Crippen LogP contribution in [0.25, 0.3) is 0 Å². The molecule has 60 valence electrons. The zero-order valence-corrected chi connectivity index (χ0v) is 7.23. The fraction of sp³-hybridized carbons (Fsp3) is 0.375. The number of Topliss-reactive ketones (excluding diaryl/α,β-unsaturated/α-hetero) is 1. The van der Waals surface area contributed by atoms with Crippen molar-refractivity contribution in [2.45, 2.75) is 19.4 Å². The molecule has 0 aliphatic carbocycles. The van der Waals surface area contributed by atoms with E-state index in [2.05, 4.69) is 0 Å². The third-order valence-electron chi connectivity index (χ3n) is 1.42. The van der Waals surface area contributed by atoms with Crippen LogP contribution in [0.2, 0.25) is 0 Å². The van der Waals surface area contributed by atoms with Crippen LogP contribution in [0.4, 0.5) is 0 Å². The molecule has 1 heterocycles. The van der Waals surface area contributed by atoms with Crippen LogP contribution in [0.1, 0.15) is 24.3 Å². The molecule has 1 aromatic rings. The number of carbonyl (C=O) groups excluding carboxylic acids is 1. The predicted molar refractivity (Wildman–Crippen MR) is 46.5 cm³/mol. The largest absolute Gasteiger partial charge is 0.323 e. The minimum Gasteiger partial charge on any atom is -0.323 e. The lowest BCUT2D eigenvalue weighted by molar-refractivity contribution is -0.117. The maximum absolute atomic E-state index is 10.7. The smallest absolute Gasteiger partial charge is 0.131 e. The molecule has 0 aromatic carbocycles. The van der Waals surface area contributed by atoms with Gasteiger partial charge in [0.25, 0.3) is 0 Å². The average Bonchev–Trinajstić information content (AvgIpc) is 2.35. The molecule has 0 amide bonds. The van der Waals surface area contributed by atoms with Crippen LogP contribution in [0.3, 0.4) is 0 Å². The summed E-state index contributed by atoms with van der Waals surface area (Å²) in [6.07, 6.45) is 0.445. The second-order valence-corrected chi connectivity index (χ2v) is 3.51. The zero-order chi connectivity index (χ0) is 8.27. The molecule has 1 aromatic heterocycles. The molecular formula is C8H11NOS. The van der Waals surface area contributed by atoms with Gasteiger partial charge in [-0.15, -0.1) is 11.3 Å². The Labute approximate surface area is 70.0 Å². The maximum Gasteiger partial charge on any atom is 0.131 e. The maximum atomic E-state index is 10.7. The summed E-state index contributed by atoms with van der Waals surface area (Å²) in [4.78, 5) is 11.8. The molecule has 1 rings (SSSR count). The van der Waals surface area contributed by atoms with Gasteiger partial charge in [0.1, 0.15) is 5.78 Å². The number of hydrogen-bond donors (Lipinski definition) is 1. The number of ketones is 1. The van der Waals surface area contributed by atoms with Gasteiger partial charge in [-0.2, -0.15) is 0 Å². The lowest BCUT2D eigenvalue weighted by Gasteiger charge is -2.04. The van der Waals surface area contributed by atoms with Crippen molar-refractivity contribution in [2.75, 3.05) is 0 Å². The quantitative estimate of drug-likeness (QED) is 0.748. The molecular weight excluding hydrogens is 158 g/mol. The van der Waals surface area contributed by atoms with Gasteiger partial charge in [0, 0.05) is 17.3 Å². The van der Waals surface area contributed by atoms with E-state index < -0.39 is 0 Å². The first-order valence-electron chi connectivity index (χ1n) is 3.48. The Kier molecular flexibility index (Phi) is 2.79. The Bertz CT molecular complexity index is 230. The Morgan fingerprint density at radius 1 is 1.82 bits per heavy atom. The van der Waals surface area contributed by atoms with Gasteiger partial charge in [-0.1, -0.05) is 6.07 Å². The average molecular weight is 169 g/mol. The van der Waals surface area contributed by atoms with E-state index in [1.807, 2.05) is 17.5 Å². The first kappa shape index (κ1) is 8.43. The van der Waals surface area contributed by atoms with Crippen molar-refractivity contribution >= 4 is 17.1 Å². The van der Waals surface area contributed by atoms with E-state index in [1.165, 1.54) is 0 Å². The van der Waals surface area contributed by atoms with E-state index in [9.17, 15) is 4.79 Å². The predicted octanol–water partition coefficient (Wildman–Crippen LogP) is 1.73. The molecule has 0 fully saturated rings. The first-order chi connectivity index (χ1) is 5.20. The summed E-state index contributed by atoms with van der Waals surface area (Å²) in [6.45, 7) is 1.56. The van der Waals surface area contributed by atoms with Gasteiger partial charge in [-0.05, 0) is 18.4 Å². The molecule has 0 bridgehead atoms. The van der Waals surface area contributed by atoms with Crippen molar-refractivity contribution in [3.8, 4) is 0 Å². The van der Waals surface area contributed by atoms with Crippen molar-refractivity contribution in [1.29, 1.82) is 0 Å². The van der Waals surface area contributed by atoms with Gasteiger partial charge in [0.15, 0.2) is 0 Å². The van der Waals surface area contributed by atoms with Gasteiger partial charge in [-0.3, -0.25) is 4.79 Å². The number of nitrogens with two attached hydrogens (primary N) is 1. The molecule has 0 spiro atoms. The normalized spacial score (nSPS) is 12.9. The highest BCUT2D eigenvalue weighted by Gasteiger charge is 2.08. The molecule has 1 unspecified atom stereocenters. The second kappa shape index (κ2) is 3.64. The second-order valence-electron chi connectivity index (χ2n) is 2.53. The Hall–Kier alpha value is -0.670. The van der Waals surface area contributed by atoms with E-state index in [0.29, 0.717) is 6.42 Å². The minimum atomic E-state index is -0.104. The van der Waals surface area contributed by atoms with Gasteiger partial charge in [-0.25, -0.2) is 0 Å². The SMILES string of the molecule is CC(=O)CC(N)c1cccs1. The van der Waals surface area contributed by atoms with Crippen LogP contribution in [-0.2, 0) is 4.79 Å². The van der Waals surface area contributed by atoms with Gasteiger partial charge < -0.3 is 5.73 Å². The summed E-state index contributed by atoms with van der Waals surface area (Å²) in [6, 6.07) is 3.80. The number of hydrogen-bond acceptors (Lipinski definition) is 3. The highest BCUT2D eigenvalue weighted by atomic mass is 32.1. The van der Waals surface area contributed by atoms with Crippen molar-refractivity contribution in [2.24, 2.45) is 5.73 Å². The highest BCUT2D eigenvalue weighted by molar-refractivity contribution is 7.10. The third-order valence-corrected chi connectivity index (χ3v) is 2.42. The topological polar surface area (TPSA) is 43.1 Å². The lowest BCUT2D eigenvalue weighted by atomic mass is 10.1. The number of thiophene rings is 1. The summed E-state index contributed by atoms with van der Waals surface area (Å²) in [5.41, 5.74) is 5.73.